The summed E-state index contributed by atoms with van der Waals surface area (Å²) in [5.41, 5.74) is 6.48. The van der Waals surface area contributed by atoms with E-state index in [0.717, 1.165) is 30.7 Å². The summed E-state index contributed by atoms with van der Waals surface area (Å²) in [7, 11) is -3.87. The maximum Gasteiger partial charge on any atom is 0.416 e. The Bertz CT molecular complexity index is 1450. The molecule has 4 N–H and O–H groups in total. The first kappa shape index (κ1) is 30.7. The smallest absolute Gasteiger partial charge is 0.354 e. The largest absolute Gasteiger partial charge is 0.416 e. The van der Waals surface area contributed by atoms with Crippen molar-refractivity contribution in [2.24, 2.45) is 5.73 Å². The van der Waals surface area contributed by atoms with Crippen LogP contribution in [0.25, 0.3) is 0 Å². The number of carbonyl (C=O) groups is 1. The average molecular weight is 611 g/mol. The van der Waals surface area contributed by atoms with E-state index < -0.39 is 21.8 Å². The van der Waals surface area contributed by atoms with E-state index in [9.17, 15) is 26.4 Å². The lowest BCUT2D eigenvalue weighted by molar-refractivity contribution is -0.137. The SMILES string of the molecule is NCCCNCc1ccc(C(=O)Nc2ccc(S(=O)(=O)N3CCN(c4cc(C(F)(F)F)cc(Cl)n4)CC3)cc2)cc1. The minimum Gasteiger partial charge on any atom is -0.354 e. The van der Waals surface area contributed by atoms with Gasteiger partial charge < -0.3 is 21.3 Å². The number of rotatable bonds is 10. The van der Waals surface area contributed by atoms with Crippen molar-refractivity contribution < 1.29 is 26.4 Å². The first-order valence-electron chi connectivity index (χ1n) is 12.9. The van der Waals surface area contributed by atoms with Crippen LogP contribution in [0.15, 0.2) is 65.6 Å². The Kier molecular flexibility index (Phi) is 9.87. The number of nitrogens with one attached hydrogen (secondary N) is 2. The third kappa shape index (κ3) is 7.95. The molecule has 1 fully saturated rings. The summed E-state index contributed by atoms with van der Waals surface area (Å²) in [5.74, 6) is -0.293. The first-order valence-corrected chi connectivity index (χ1v) is 14.7. The predicted molar refractivity (Wildman–Crippen MR) is 151 cm³/mol. The van der Waals surface area contributed by atoms with Crippen LogP contribution in [0.3, 0.4) is 0 Å². The quantitative estimate of drug-likeness (QED) is 0.235. The Morgan fingerprint density at radius 1 is 1.00 bits per heavy atom. The molecule has 0 saturated carbocycles. The number of nitrogens with zero attached hydrogens (tertiary/aromatic N) is 3. The second-order valence-electron chi connectivity index (χ2n) is 9.42. The van der Waals surface area contributed by atoms with Crippen molar-refractivity contribution in [2.45, 2.75) is 24.0 Å². The number of anilines is 2. The van der Waals surface area contributed by atoms with Crippen LogP contribution < -0.4 is 21.3 Å². The van der Waals surface area contributed by atoms with E-state index >= 15 is 0 Å². The van der Waals surface area contributed by atoms with Crippen LogP contribution in [0, 0.1) is 0 Å². The third-order valence-corrected chi connectivity index (χ3v) is 8.63. The topological polar surface area (TPSA) is 121 Å². The van der Waals surface area contributed by atoms with Gasteiger partial charge in [-0.3, -0.25) is 4.79 Å². The van der Waals surface area contributed by atoms with Gasteiger partial charge in [-0.25, -0.2) is 13.4 Å². The van der Waals surface area contributed by atoms with Gasteiger partial charge in [-0.1, -0.05) is 23.7 Å². The number of nitrogens with two attached hydrogens (primary N) is 1. The number of hydrogen-bond acceptors (Lipinski definition) is 7. The fourth-order valence-corrected chi connectivity index (χ4v) is 5.89. The highest BCUT2D eigenvalue weighted by Gasteiger charge is 2.33. The lowest BCUT2D eigenvalue weighted by atomic mass is 10.1. The Morgan fingerprint density at radius 2 is 1.66 bits per heavy atom. The number of amides is 1. The van der Waals surface area contributed by atoms with Crippen LogP contribution in [0.5, 0.6) is 0 Å². The van der Waals surface area contributed by atoms with E-state index in [1.54, 1.807) is 17.0 Å². The van der Waals surface area contributed by atoms with Gasteiger partial charge in [-0.2, -0.15) is 17.5 Å². The Labute approximate surface area is 241 Å². The molecule has 0 atom stereocenters. The number of alkyl halides is 3. The molecule has 14 heteroatoms. The Morgan fingerprint density at radius 3 is 2.27 bits per heavy atom. The number of halogens is 4. The van der Waals surface area contributed by atoms with Gasteiger partial charge >= 0.3 is 6.18 Å². The van der Waals surface area contributed by atoms with Gasteiger partial charge in [-0.15, -0.1) is 0 Å². The molecule has 0 spiro atoms. The lowest BCUT2D eigenvalue weighted by Crippen LogP contribution is -2.49. The summed E-state index contributed by atoms with van der Waals surface area (Å²) in [6.07, 6.45) is -3.70. The molecule has 1 amide bonds. The van der Waals surface area contributed by atoms with Gasteiger partial charge in [0.05, 0.1) is 10.5 Å². The van der Waals surface area contributed by atoms with Crippen LogP contribution in [-0.2, 0) is 22.7 Å². The molecule has 1 saturated heterocycles. The zero-order valence-electron chi connectivity index (χ0n) is 22.0. The molecule has 3 aromatic rings. The lowest BCUT2D eigenvalue weighted by Gasteiger charge is -2.35. The van der Waals surface area contributed by atoms with E-state index in [0.29, 0.717) is 24.3 Å². The molecule has 4 rings (SSSR count). The average Bonchev–Trinajstić information content (AvgIpc) is 2.95. The number of benzene rings is 2. The summed E-state index contributed by atoms with van der Waals surface area (Å²) < 4.78 is 67.1. The molecule has 1 aliphatic heterocycles. The highest BCUT2D eigenvalue weighted by Crippen LogP contribution is 2.33. The molecule has 0 unspecified atom stereocenters. The molecule has 0 radical (unpaired) electrons. The van der Waals surface area contributed by atoms with Crippen molar-refractivity contribution in [1.29, 1.82) is 0 Å². The monoisotopic (exact) mass is 610 g/mol. The van der Waals surface area contributed by atoms with Crippen LogP contribution in [0.2, 0.25) is 5.15 Å². The van der Waals surface area contributed by atoms with Gasteiger partial charge in [0.2, 0.25) is 10.0 Å². The summed E-state index contributed by atoms with van der Waals surface area (Å²) in [4.78, 5) is 18.2. The van der Waals surface area contributed by atoms with Crippen LogP contribution in [0.1, 0.15) is 27.9 Å². The van der Waals surface area contributed by atoms with Crippen molar-refractivity contribution in [3.8, 4) is 0 Å². The molecule has 41 heavy (non-hydrogen) atoms. The number of pyridine rings is 1. The van der Waals surface area contributed by atoms with Crippen LogP contribution >= 0.6 is 11.6 Å². The molecule has 1 aromatic heterocycles. The molecular formula is C27H30ClF3N6O3S. The van der Waals surface area contributed by atoms with Gasteiger partial charge in [0.25, 0.3) is 5.91 Å². The van der Waals surface area contributed by atoms with Crippen LogP contribution in [-0.4, -0.2) is 62.9 Å². The maximum absolute atomic E-state index is 13.2. The number of aromatic nitrogens is 1. The fraction of sp³-hybridized carbons (Fsp3) is 0.333. The second-order valence-corrected chi connectivity index (χ2v) is 11.7. The number of carbonyl (C=O) groups excluding carboxylic acids is 1. The van der Waals surface area contributed by atoms with E-state index in [1.807, 2.05) is 12.1 Å². The van der Waals surface area contributed by atoms with Gasteiger partial charge in [0.1, 0.15) is 11.0 Å². The first-order chi connectivity index (χ1) is 19.5. The van der Waals surface area contributed by atoms with Gasteiger partial charge in [-0.05, 0) is 73.6 Å². The minimum atomic E-state index is -4.58. The molecule has 9 nitrogen and oxygen atoms in total. The number of sulfonamides is 1. The van der Waals surface area contributed by atoms with E-state index in [2.05, 4.69) is 15.6 Å². The Hall–Kier alpha value is -3.23. The molecule has 0 bridgehead atoms. The zero-order chi connectivity index (χ0) is 29.6. The highest BCUT2D eigenvalue weighted by molar-refractivity contribution is 7.89. The molecule has 2 heterocycles. The number of hydrogen-bond donors (Lipinski definition) is 3. The molecule has 2 aromatic carbocycles. The third-order valence-electron chi connectivity index (χ3n) is 6.52. The van der Waals surface area contributed by atoms with Gasteiger partial charge in [0.15, 0.2) is 0 Å². The fourth-order valence-electron chi connectivity index (χ4n) is 4.26. The van der Waals surface area contributed by atoms with Gasteiger partial charge in [0, 0.05) is 44.0 Å². The summed E-state index contributed by atoms with van der Waals surface area (Å²) in [6.45, 7) is 2.48. The van der Waals surface area contributed by atoms with Crippen molar-refractivity contribution in [3.63, 3.8) is 0 Å². The zero-order valence-corrected chi connectivity index (χ0v) is 23.6. The number of piperazine rings is 1. The maximum atomic E-state index is 13.2. The van der Waals surface area contributed by atoms with E-state index in [-0.39, 0.29) is 48.0 Å². The standard InChI is InChI=1S/C27H30ClF3N6O3S/c28-24-16-21(27(29,30)31)17-25(35-24)36-12-14-37(15-13-36)41(39,40)23-8-6-22(7-9-23)34-26(38)20-4-2-19(3-5-20)18-33-11-1-10-32/h2-9,16-17,33H,1,10-15,18,32H2,(H,34,38). The van der Waals surface area contributed by atoms with Crippen molar-refractivity contribution >= 4 is 39.0 Å². The Balaban J connectivity index is 1.34. The summed E-state index contributed by atoms with van der Waals surface area (Å²) in [6, 6.07) is 14.6. The molecular weight excluding hydrogens is 581 g/mol. The van der Waals surface area contributed by atoms with Crippen molar-refractivity contribution in [1.82, 2.24) is 14.6 Å². The van der Waals surface area contributed by atoms with Crippen LogP contribution in [0.4, 0.5) is 24.7 Å². The molecule has 0 aliphatic carbocycles. The highest BCUT2D eigenvalue weighted by atomic mass is 35.5. The summed E-state index contributed by atoms with van der Waals surface area (Å²) >= 11 is 5.79. The van der Waals surface area contributed by atoms with E-state index in [4.69, 9.17) is 17.3 Å². The van der Waals surface area contributed by atoms with E-state index in [1.165, 1.54) is 28.6 Å². The van der Waals surface area contributed by atoms with Crippen molar-refractivity contribution in [3.05, 3.63) is 82.5 Å². The second kappa shape index (κ2) is 13.2. The van der Waals surface area contributed by atoms with Crippen molar-refractivity contribution in [2.75, 3.05) is 49.5 Å². The summed E-state index contributed by atoms with van der Waals surface area (Å²) in [5, 5.41) is 5.74. The molecule has 1 aliphatic rings. The molecule has 220 valence electrons. The normalized spacial score (nSPS) is 14.7. The predicted octanol–water partition coefficient (Wildman–Crippen LogP) is 3.96. The minimum absolute atomic E-state index is 0.0377.